The van der Waals surface area contributed by atoms with Gasteiger partial charge in [0.15, 0.2) is 0 Å². The van der Waals surface area contributed by atoms with Crippen LogP contribution in [0, 0.1) is 0 Å². The van der Waals surface area contributed by atoms with Crippen molar-refractivity contribution in [2.24, 2.45) is 0 Å². The van der Waals surface area contributed by atoms with Crippen LogP contribution in [0.1, 0.15) is 12.0 Å². The number of para-hydroxylation sites is 1. The van der Waals surface area contributed by atoms with E-state index in [9.17, 15) is 15.0 Å². The molecule has 1 saturated heterocycles. The Hall–Kier alpha value is -1.55. The Morgan fingerprint density at radius 1 is 1.44 bits per heavy atom. The third-order valence-electron chi connectivity index (χ3n) is 2.85. The summed E-state index contributed by atoms with van der Waals surface area (Å²) < 4.78 is 0. The van der Waals surface area contributed by atoms with Gasteiger partial charge in [-0.3, -0.25) is 4.79 Å². The zero-order valence-corrected chi connectivity index (χ0v) is 8.97. The molecule has 0 spiro atoms. The van der Waals surface area contributed by atoms with Crippen molar-refractivity contribution < 1.29 is 15.0 Å². The number of rotatable bonds is 2. The Morgan fingerprint density at radius 2 is 2.19 bits per heavy atom. The number of hydrogen-bond donors (Lipinski definition) is 2. The maximum atomic E-state index is 11.8. The molecule has 2 N–H and O–H groups in total. The van der Waals surface area contributed by atoms with Gasteiger partial charge in [-0.15, -0.1) is 0 Å². The lowest BCUT2D eigenvalue weighted by Gasteiger charge is -2.15. The van der Waals surface area contributed by atoms with Crippen LogP contribution in [0.25, 0.3) is 0 Å². The van der Waals surface area contributed by atoms with E-state index in [2.05, 4.69) is 0 Å². The molecule has 0 bridgehead atoms. The number of aromatic hydroxyl groups is 1. The minimum Gasteiger partial charge on any atom is -0.508 e. The third-order valence-corrected chi connectivity index (χ3v) is 2.85. The number of carbonyl (C=O) groups is 1. The number of aliphatic hydroxyl groups excluding tert-OH is 1. The standard InChI is InChI=1S/C12H15NO3/c14-10-5-6-13(8-10)12(16)7-9-3-1-2-4-11(9)15/h1-4,10,14-15H,5-8H2/t10-/m1/s1. The predicted octanol–water partition coefficient (Wildman–Crippen LogP) is 0.528. The highest BCUT2D eigenvalue weighted by Gasteiger charge is 2.24. The molecule has 16 heavy (non-hydrogen) atoms. The van der Waals surface area contributed by atoms with E-state index in [0.717, 1.165) is 0 Å². The second kappa shape index (κ2) is 4.53. The summed E-state index contributed by atoms with van der Waals surface area (Å²) in [6.45, 7) is 1.01. The molecule has 1 atom stereocenters. The van der Waals surface area contributed by atoms with Crippen LogP contribution in [0.5, 0.6) is 5.75 Å². The van der Waals surface area contributed by atoms with Crippen molar-refractivity contribution in [1.82, 2.24) is 4.90 Å². The number of hydrogen-bond acceptors (Lipinski definition) is 3. The van der Waals surface area contributed by atoms with Gasteiger partial charge in [0.25, 0.3) is 0 Å². The van der Waals surface area contributed by atoms with Crippen molar-refractivity contribution in [2.75, 3.05) is 13.1 Å². The number of carbonyl (C=O) groups excluding carboxylic acids is 1. The lowest BCUT2D eigenvalue weighted by atomic mass is 10.1. The van der Waals surface area contributed by atoms with E-state index in [4.69, 9.17) is 0 Å². The predicted molar refractivity (Wildman–Crippen MR) is 59.0 cm³/mol. The van der Waals surface area contributed by atoms with Crippen LogP contribution in [0.3, 0.4) is 0 Å². The molecular formula is C12H15NO3. The van der Waals surface area contributed by atoms with E-state index < -0.39 is 6.10 Å². The zero-order chi connectivity index (χ0) is 11.5. The average molecular weight is 221 g/mol. The van der Waals surface area contributed by atoms with Crippen molar-refractivity contribution in [3.8, 4) is 5.75 Å². The van der Waals surface area contributed by atoms with Gasteiger partial charge >= 0.3 is 0 Å². The van der Waals surface area contributed by atoms with Crippen molar-refractivity contribution in [3.63, 3.8) is 0 Å². The van der Waals surface area contributed by atoms with Crippen LogP contribution in [0.4, 0.5) is 0 Å². The second-order valence-corrected chi connectivity index (χ2v) is 4.09. The molecule has 0 radical (unpaired) electrons. The van der Waals surface area contributed by atoms with E-state index in [1.165, 1.54) is 0 Å². The van der Waals surface area contributed by atoms with Gasteiger partial charge in [0.2, 0.25) is 5.91 Å². The molecule has 4 nitrogen and oxygen atoms in total. The SMILES string of the molecule is O=C(Cc1ccccc1O)N1CC[C@@H](O)C1. The highest BCUT2D eigenvalue weighted by molar-refractivity contribution is 5.79. The Kier molecular flexibility index (Phi) is 3.10. The highest BCUT2D eigenvalue weighted by atomic mass is 16.3. The zero-order valence-electron chi connectivity index (χ0n) is 8.97. The number of likely N-dealkylation sites (tertiary alicyclic amines) is 1. The van der Waals surface area contributed by atoms with Gasteiger partial charge in [0, 0.05) is 18.7 Å². The van der Waals surface area contributed by atoms with Gasteiger partial charge in [-0.1, -0.05) is 18.2 Å². The number of aliphatic hydroxyl groups is 1. The minimum absolute atomic E-state index is 0.0435. The first-order valence-electron chi connectivity index (χ1n) is 5.39. The molecule has 1 aromatic rings. The van der Waals surface area contributed by atoms with E-state index in [-0.39, 0.29) is 18.1 Å². The Morgan fingerprint density at radius 3 is 2.81 bits per heavy atom. The first kappa shape index (κ1) is 11.0. The fraction of sp³-hybridized carbons (Fsp3) is 0.417. The summed E-state index contributed by atoms with van der Waals surface area (Å²) in [6.07, 6.45) is 0.444. The number of amides is 1. The van der Waals surface area contributed by atoms with Gasteiger partial charge in [-0.25, -0.2) is 0 Å². The molecule has 1 fully saturated rings. The largest absolute Gasteiger partial charge is 0.508 e. The number of phenolic OH excluding ortho intramolecular Hbond substituents is 1. The maximum absolute atomic E-state index is 11.8. The molecule has 1 aliphatic rings. The third kappa shape index (κ3) is 2.33. The molecule has 1 heterocycles. The van der Waals surface area contributed by atoms with Crippen LogP contribution in [0.2, 0.25) is 0 Å². The van der Waals surface area contributed by atoms with Crippen molar-refractivity contribution in [1.29, 1.82) is 0 Å². The monoisotopic (exact) mass is 221 g/mol. The highest BCUT2D eigenvalue weighted by Crippen LogP contribution is 2.18. The lowest BCUT2D eigenvalue weighted by molar-refractivity contribution is -0.129. The molecular weight excluding hydrogens is 206 g/mol. The number of β-amino-alcohol motifs (C(OH)–C–C–N with tert-alkyl or cyclic N) is 1. The molecule has 0 aliphatic carbocycles. The fourth-order valence-corrected chi connectivity index (χ4v) is 1.90. The van der Waals surface area contributed by atoms with E-state index in [0.29, 0.717) is 25.1 Å². The average Bonchev–Trinajstić information content (AvgIpc) is 2.68. The second-order valence-electron chi connectivity index (χ2n) is 4.09. The number of nitrogens with zero attached hydrogens (tertiary/aromatic N) is 1. The molecule has 1 amide bonds. The van der Waals surface area contributed by atoms with E-state index in [1.54, 1.807) is 29.2 Å². The summed E-state index contributed by atoms with van der Waals surface area (Å²) in [5.41, 5.74) is 0.633. The summed E-state index contributed by atoms with van der Waals surface area (Å²) in [5.74, 6) is 0.105. The quantitative estimate of drug-likeness (QED) is 0.765. The van der Waals surface area contributed by atoms with Crippen molar-refractivity contribution in [3.05, 3.63) is 29.8 Å². The minimum atomic E-state index is -0.395. The molecule has 0 aromatic heterocycles. The summed E-state index contributed by atoms with van der Waals surface area (Å²) in [6, 6.07) is 6.82. The Bertz CT molecular complexity index is 392. The number of benzene rings is 1. The van der Waals surface area contributed by atoms with Crippen molar-refractivity contribution >= 4 is 5.91 Å². The first-order chi connectivity index (χ1) is 7.66. The topological polar surface area (TPSA) is 60.8 Å². The van der Waals surface area contributed by atoms with Crippen LogP contribution < -0.4 is 0 Å². The molecule has 0 saturated carbocycles. The Balaban J connectivity index is 2.00. The van der Waals surface area contributed by atoms with Gasteiger partial charge < -0.3 is 15.1 Å². The van der Waals surface area contributed by atoms with Crippen LogP contribution >= 0.6 is 0 Å². The van der Waals surface area contributed by atoms with Crippen LogP contribution in [-0.2, 0) is 11.2 Å². The smallest absolute Gasteiger partial charge is 0.227 e. The summed E-state index contributed by atoms with van der Waals surface area (Å²) >= 11 is 0. The van der Waals surface area contributed by atoms with Crippen LogP contribution in [0.15, 0.2) is 24.3 Å². The molecule has 2 rings (SSSR count). The van der Waals surface area contributed by atoms with Crippen LogP contribution in [-0.4, -0.2) is 40.2 Å². The summed E-state index contributed by atoms with van der Waals surface area (Å²) in [4.78, 5) is 13.5. The molecule has 86 valence electrons. The fourth-order valence-electron chi connectivity index (χ4n) is 1.90. The normalized spacial score (nSPS) is 20.1. The van der Waals surface area contributed by atoms with Gasteiger partial charge in [0.1, 0.15) is 5.75 Å². The van der Waals surface area contributed by atoms with Gasteiger partial charge in [-0.2, -0.15) is 0 Å². The molecule has 0 unspecified atom stereocenters. The number of phenols is 1. The molecule has 1 aliphatic heterocycles. The summed E-state index contributed by atoms with van der Waals surface area (Å²) in [5, 5.41) is 18.9. The van der Waals surface area contributed by atoms with E-state index in [1.807, 2.05) is 0 Å². The lowest BCUT2D eigenvalue weighted by Crippen LogP contribution is -2.30. The van der Waals surface area contributed by atoms with E-state index >= 15 is 0 Å². The van der Waals surface area contributed by atoms with Gasteiger partial charge in [0.05, 0.1) is 12.5 Å². The maximum Gasteiger partial charge on any atom is 0.227 e. The first-order valence-corrected chi connectivity index (χ1v) is 5.39. The summed E-state index contributed by atoms with van der Waals surface area (Å²) in [7, 11) is 0. The Labute approximate surface area is 94.1 Å². The van der Waals surface area contributed by atoms with Crippen molar-refractivity contribution in [2.45, 2.75) is 18.9 Å². The van der Waals surface area contributed by atoms with Gasteiger partial charge in [-0.05, 0) is 12.5 Å². The molecule has 1 aromatic carbocycles. The molecule has 4 heteroatoms.